The van der Waals surface area contributed by atoms with E-state index in [2.05, 4.69) is 10.6 Å². The standard InChI is InChI=1S/C22H16N2OS/c25-21(19-13-5-9-15-7-1-3-11-17(15)19)24-22(26)23-20-14-6-10-16-8-2-4-12-18(16)20/h1-14H,(H2,23,24,25,26). The molecule has 0 aliphatic carbocycles. The van der Waals surface area contributed by atoms with E-state index in [4.69, 9.17) is 12.2 Å². The van der Waals surface area contributed by atoms with E-state index in [-0.39, 0.29) is 11.0 Å². The van der Waals surface area contributed by atoms with Gasteiger partial charge in [0.1, 0.15) is 0 Å². The molecule has 2 N–H and O–H groups in total. The van der Waals surface area contributed by atoms with Gasteiger partial charge in [-0.15, -0.1) is 0 Å². The Kier molecular flexibility index (Phi) is 4.33. The van der Waals surface area contributed by atoms with E-state index in [9.17, 15) is 4.79 Å². The molecule has 0 saturated carbocycles. The van der Waals surface area contributed by atoms with Crippen LogP contribution in [0.1, 0.15) is 10.4 Å². The van der Waals surface area contributed by atoms with Gasteiger partial charge in [0.25, 0.3) is 5.91 Å². The molecule has 4 heteroatoms. The van der Waals surface area contributed by atoms with Gasteiger partial charge in [-0.05, 0) is 40.5 Å². The Balaban J connectivity index is 1.57. The summed E-state index contributed by atoms with van der Waals surface area (Å²) >= 11 is 5.35. The number of thiocarbonyl (C=S) groups is 1. The molecule has 0 aromatic heterocycles. The number of carbonyl (C=O) groups is 1. The van der Waals surface area contributed by atoms with Crippen LogP contribution in [0.25, 0.3) is 21.5 Å². The zero-order valence-corrected chi connectivity index (χ0v) is 14.7. The highest BCUT2D eigenvalue weighted by molar-refractivity contribution is 7.80. The van der Waals surface area contributed by atoms with Crippen molar-refractivity contribution in [2.75, 3.05) is 5.32 Å². The molecule has 4 aromatic carbocycles. The van der Waals surface area contributed by atoms with Gasteiger partial charge in [0.2, 0.25) is 0 Å². The molecule has 0 unspecified atom stereocenters. The summed E-state index contributed by atoms with van der Waals surface area (Å²) in [5, 5.41) is 10.3. The van der Waals surface area contributed by atoms with E-state index >= 15 is 0 Å². The topological polar surface area (TPSA) is 41.1 Å². The molecule has 0 spiro atoms. The Hall–Kier alpha value is -3.24. The van der Waals surface area contributed by atoms with Gasteiger partial charge >= 0.3 is 0 Å². The van der Waals surface area contributed by atoms with Gasteiger partial charge in [-0.3, -0.25) is 10.1 Å². The Morgan fingerprint density at radius 2 is 1.27 bits per heavy atom. The SMILES string of the molecule is O=C(NC(=S)Nc1cccc2ccccc12)c1cccc2ccccc12. The molecule has 1 amide bonds. The second-order valence-corrected chi connectivity index (χ2v) is 6.37. The van der Waals surface area contributed by atoms with Crippen LogP contribution in [0.4, 0.5) is 5.69 Å². The number of hydrogen-bond donors (Lipinski definition) is 2. The molecule has 26 heavy (non-hydrogen) atoms. The third kappa shape index (κ3) is 3.15. The summed E-state index contributed by atoms with van der Waals surface area (Å²) in [6.07, 6.45) is 0. The van der Waals surface area contributed by atoms with Crippen LogP contribution in [0.5, 0.6) is 0 Å². The largest absolute Gasteiger partial charge is 0.332 e. The maximum atomic E-state index is 12.7. The molecule has 4 rings (SSSR count). The Morgan fingerprint density at radius 1 is 0.692 bits per heavy atom. The number of benzene rings is 4. The Labute approximate surface area is 156 Å². The van der Waals surface area contributed by atoms with Crippen LogP contribution >= 0.6 is 12.2 Å². The van der Waals surface area contributed by atoms with Crippen molar-refractivity contribution in [3.63, 3.8) is 0 Å². The highest BCUT2D eigenvalue weighted by Crippen LogP contribution is 2.23. The van der Waals surface area contributed by atoms with Gasteiger partial charge in [0.15, 0.2) is 5.11 Å². The quantitative estimate of drug-likeness (QED) is 0.490. The van der Waals surface area contributed by atoms with Gasteiger partial charge in [0.05, 0.1) is 0 Å². The van der Waals surface area contributed by atoms with Crippen LogP contribution < -0.4 is 10.6 Å². The molecule has 0 bridgehead atoms. The zero-order valence-electron chi connectivity index (χ0n) is 13.9. The average molecular weight is 356 g/mol. The summed E-state index contributed by atoms with van der Waals surface area (Å²) in [4.78, 5) is 12.7. The predicted molar refractivity (Wildman–Crippen MR) is 112 cm³/mol. The number of hydrogen-bond acceptors (Lipinski definition) is 2. The van der Waals surface area contributed by atoms with Crippen molar-refractivity contribution in [1.29, 1.82) is 0 Å². The Bertz CT molecular complexity index is 1130. The number of anilines is 1. The van der Waals surface area contributed by atoms with Gasteiger partial charge in [0, 0.05) is 16.6 Å². The maximum Gasteiger partial charge on any atom is 0.258 e. The molecule has 0 heterocycles. The van der Waals surface area contributed by atoms with E-state index in [1.807, 2.05) is 78.9 Å². The van der Waals surface area contributed by atoms with Gasteiger partial charge < -0.3 is 5.32 Å². The summed E-state index contributed by atoms with van der Waals surface area (Å²) in [5.41, 5.74) is 1.47. The number of nitrogens with one attached hydrogen (secondary N) is 2. The summed E-state index contributed by atoms with van der Waals surface area (Å²) in [6, 6.07) is 27.4. The fourth-order valence-electron chi connectivity index (χ4n) is 3.08. The molecule has 0 aliphatic rings. The first-order chi connectivity index (χ1) is 12.7. The lowest BCUT2D eigenvalue weighted by molar-refractivity contribution is 0.0979. The molecular formula is C22H16N2OS. The molecule has 0 saturated heterocycles. The zero-order chi connectivity index (χ0) is 17.9. The lowest BCUT2D eigenvalue weighted by atomic mass is 10.0. The van der Waals surface area contributed by atoms with Crippen molar-refractivity contribution in [2.24, 2.45) is 0 Å². The van der Waals surface area contributed by atoms with Crippen LogP contribution in [-0.4, -0.2) is 11.0 Å². The third-order valence-corrected chi connectivity index (χ3v) is 4.50. The van der Waals surface area contributed by atoms with Crippen LogP contribution in [-0.2, 0) is 0 Å². The van der Waals surface area contributed by atoms with Crippen LogP contribution in [0.3, 0.4) is 0 Å². The maximum absolute atomic E-state index is 12.7. The van der Waals surface area contributed by atoms with Gasteiger partial charge in [-0.1, -0.05) is 72.8 Å². The van der Waals surface area contributed by atoms with Crippen molar-refractivity contribution in [1.82, 2.24) is 5.32 Å². The molecule has 126 valence electrons. The van der Waals surface area contributed by atoms with Gasteiger partial charge in [-0.2, -0.15) is 0 Å². The molecule has 0 atom stereocenters. The number of fused-ring (bicyclic) bond motifs is 2. The van der Waals surface area contributed by atoms with E-state index in [1.54, 1.807) is 6.07 Å². The lowest BCUT2D eigenvalue weighted by Crippen LogP contribution is -2.34. The monoisotopic (exact) mass is 356 g/mol. The van der Waals surface area contributed by atoms with Crippen molar-refractivity contribution in [3.05, 3.63) is 90.5 Å². The third-order valence-electron chi connectivity index (χ3n) is 4.30. The minimum absolute atomic E-state index is 0.223. The van der Waals surface area contributed by atoms with E-state index < -0.39 is 0 Å². The fraction of sp³-hybridized carbons (Fsp3) is 0. The van der Waals surface area contributed by atoms with Crippen molar-refractivity contribution in [3.8, 4) is 0 Å². The van der Waals surface area contributed by atoms with Crippen LogP contribution in [0.2, 0.25) is 0 Å². The summed E-state index contributed by atoms with van der Waals surface area (Å²) in [5.74, 6) is -0.223. The second kappa shape index (κ2) is 6.94. The predicted octanol–water partition coefficient (Wildman–Crippen LogP) is 5.12. The van der Waals surface area contributed by atoms with Crippen LogP contribution in [0.15, 0.2) is 84.9 Å². The van der Waals surface area contributed by atoms with E-state index in [0.29, 0.717) is 5.56 Å². The fourth-order valence-corrected chi connectivity index (χ4v) is 3.28. The van der Waals surface area contributed by atoms with E-state index in [1.165, 1.54) is 0 Å². The number of amides is 1. The van der Waals surface area contributed by atoms with Gasteiger partial charge in [-0.25, -0.2) is 0 Å². The molecular weight excluding hydrogens is 340 g/mol. The first-order valence-electron chi connectivity index (χ1n) is 8.30. The van der Waals surface area contributed by atoms with Crippen molar-refractivity contribution < 1.29 is 4.79 Å². The lowest BCUT2D eigenvalue weighted by Gasteiger charge is -2.12. The first kappa shape index (κ1) is 16.2. The Morgan fingerprint density at radius 3 is 2.04 bits per heavy atom. The summed E-state index contributed by atoms with van der Waals surface area (Å²) < 4.78 is 0. The molecule has 4 aromatic rings. The molecule has 0 aliphatic heterocycles. The number of carbonyl (C=O) groups excluding carboxylic acids is 1. The van der Waals surface area contributed by atoms with Crippen LogP contribution in [0, 0.1) is 0 Å². The molecule has 3 nitrogen and oxygen atoms in total. The molecule has 0 fully saturated rings. The van der Waals surface area contributed by atoms with Crippen molar-refractivity contribution in [2.45, 2.75) is 0 Å². The van der Waals surface area contributed by atoms with E-state index in [0.717, 1.165) is 27.2 Å². The summed E-state index contributed by atoms with van der Waals surface area (Å²) in [6.45, 7) is 0. The minimum Gasteiger partial charge on any atom is -0.332 e. The normalized spacial score (nSPS) is 10.6. The summed E-state index contributed by atoms with van der Waals surface area (Å²) in [7, 11) is 0. The minimum atomic E-state index is -0.223. The van der Waals surface area contributed by atoms with Crippen molar-refractivity contribution >= 4 is 50.5 Å². The average Bonchev–Trinajstić information content (AvgIpc) is 2.67. The highest BCUT2D eigenvalue weighted by Gasteiger charge is 2.12. The first-order valence-corrected chi connectivity index (χ1v) is 8.71. The number of rotatable bonds is 2. The highest BCUT2D eigenvalue weighted by atomic mass is 32.1. The second-order valence-electron chi connectivity index (χ2n) is 5.96. The molecule has 0 radical (unpaired) electrons. The smallest absolute Gasteiger partial charge is 0.258 e.